The molecule has 152 valence electrons. The van der Waals surface area contributed by atoms with Crippen LogP contribution in [0.15, 0.2) is 133 Å². The van der Waals surface area contributed by atoms with Crippen LogP contribution in [0.5, 0.6) is 0 Å². The van der Waals surface area contributed by atoms with Gasteiger partial charge in [-0.05, 0) is 49.4 Å². The minimum Gasteiger partial charge on any atom is -0.0623 e. The first kappa shape index (κ1) is 19.0. The summed E-state index contributed by atoms with van der Waals surface area (Å²) >= 11 is 0. The fraction of sp³-hybridized carbons (Fsp3) is 0.0323. The Bertz CT molecular complexity index is 1280. The van der Waals surface area contributed by atoms with Crippen LogP contribution in [0.2, 0.25) is 0 Å². The molecule has 0 fully saturated rings. The molecule has 0 amide bonds. The molecule has 6 rings (SSSR count). The van der Waals surface area contributed by atoms with Crippen LogP contribution in [0.1, 0.15) is 11.1 Å². The summed E-state index contributed by atoms with van der Waals surface area (Å²) in [7, 11) is -2.45. The van der Waals surface area contributed by atoms with Crippen LogP contribution >= 0.6 is 0 Å². The van der Waals surface area contributed by atoms with E-state index in [0.717, 1.165) is 6.42 Å². The molecule has 0 aliphatic heterocycles. The van der Waals surface area contributed by atoms with Gasteiger partial charge in [0.25, 0.3) is 0 Å². The lowest BCUT2D eigenvalue weighted by Gasteiger charge is -2.34. The van der Waals surface area contributed by atoms with Gasteiger partial charge in [-0.2, -0.15) is 0 Å². The summed E-state index contributed by atoms with van der Waals surface area (Å²) < 4.78 is 0. The highest BCUT2D eigenvalue weighted by atomic mass is 28.3. The van der Waals surface area contributed by atoms with Crippen molar-refractivity contribution in [3.63, 3.8) is 0 Å². The minimum atomic E-state index is -2.45. The van der Waals surface area contributed by atoms with E-state index in [1.807, 2.05) is 0 Å². The molecule has 0 bridgehead atoms. The molecule has 0 atom stereocenters. The molecule has 0 N–H and O–H groups in total. The van der Waals surface area contributed by atoms with Crippen LogP contribution in [0.4, 0.5) is 0 Å². The summed E-state index contributed by atoms with van der Waals surface area (Å²) in [6.07, 6.45) is 1.02. The quantitative estimate of drug-likeness (QED) is 0.286. The predicted molar refractivity (Wildman–Crippen MR) is 138 cm³/mol. The Kier molecular flexibility index (Phi) is 4.63. The SMILES string of the molecule is c1ccc([Si](c2ccccc2)(c2ccccc2)c2ccc3c(c2)Cc2ccccc2-3)cc1. The molecule has 0 radical (unpaired) electrons. The maximum absolute atomic E-state index is 2.51. The van der Waals surface area contributed by atoms with Crippen molar-refractivity contribution >= 4 is 28.8 Å². The summed E-state index contributed by atoms with van der Waals surface area (Å²) in [5.74, 6) is 0. The first-order chi connectivity index (χ1) is 15.9. The van der Waals surface area contributed by atoms with E-state index in [0.29, 0.717) is 0 Å². The van der Waals surface area contributed by atoms with Crippen LogP contribution < -0.4 is 20.7 Å². The smallest absolute Gasteiger partial charge is 0.0623 e. The highest BCUT2D eigenvalue weighted by Crippen LogP contribution is 2.35. The summed E-state index contributed by atoms with van der Waals surface area (Å²) in [4.78, 5) is 0. The molecular formula is C31H24Si. The third-order valence-electron chi connectivity index (χ3n) is 6.85. The number of hydrogen-bond acceptors (Lipinski definition) is 0. The van der Waals surface area contributed by atoms with Gasteiger partial charge < -0.3 is 0 Å². The van der Waals surface area contributed by atoms with Gasteiger partial charge in [0.15, 0.2) is 8.07 Å². The van der Waals surface area contributed by atoms with Crippen molar-refractivity contribution in [3.8, 4) is 11.1 Å². The standard InChI is InChI=1S/C31H24Si/c1-4-13-26(14-5-1)32(27-15-6-2-7-16-27,28-17-8-3-9-18-28)29-20-21-31-25(23-29)22-24-12-10-11-19-30(24)31/h1-21,23H,22H2. The Morgan fingerprint density at radius 2 is 0.844 bits per heavy atom. The van der Waals surface area contributed by atoms with E-state index < -0.39 is 8.07 Å². The largest absolute Gasteiger partial charge is 0.179 e. The lowest BCUT2D eigenvalue weighted by Crippen LogP contribution is -2.74. The minimum absolute atomic E-state index is 1.02. The normalized spacial score (nSPS) is 12.2. The summed E-state index contributed by atoms with van der Waals surface area (Å²) in [6.45, 7) is 0. The Balaban J connectivity index is 1.66. The van der Waals surface area contributed by atoms with Gasteiger partial charge in [0.05, 0.1) is 0 Å². The fourth-order valence-corrected chi connectivity index (χ4v) is 10.2. The van der Waals surface area contributed by atoms with E-state index in [1.165, 1.54) is 43.0 Å². The molecule has 1 aliphatic carbocycles. The molecule has 5 aromatic rings. The first-order valence-corrected chi connectivity index (χ1v) is 13.3. The molecule has 1 heteroatoms. The van der Waals surface area contributed by atoms with Gasteiger partial charge in [0.1, 0.15) is 0 Å². The Morgan fingerprint density at radius 3 is 1.41 bits per heavy atom. The van der Waals surface area contributed by atoms with E-state index in [-0.39, 0.29) is 0 Å². The molecule has 0 unspecified atom stereocenters. The molecule has 0 nitrogen and oxygen atoms in total. The van der Waals surface area contributed by atoms with Crippen molar-refractivity contribution in [3.05, 3.63) is 145 Å². The van der Waals surface area contributed by atoms with E-state index in [2.05, 4.69) is 133 Å². The maximum Gasteiger partial charge on any atom is 0.179 e. The van der Waals surface area contributed by atoms with Crippen LogP contribution in [0, 0.1) is 0 Å². The molecule has 0 spiro atoms. The van der Waals surface area contributed by atoms with Crippen molar-refractivity contribution in [1.82, 2.24) is 0 Å². The average molecular weight is 425 g/mol. The number of fused-ring (bicyclic) bond motifs is 3. The van der Waals surface area contributed by atoms with Crippen molar-refractivity contribution in [2.45, 2.75) is 6.42 Å². The van der Waals surface area contributed by atoms with Gasteiger partial charge in [-0.1, -0.05) is 133 Å². The Labute approximate surface area is 190 Å². The van der Waals surface area contributed by atoms with Crippen molar-refractivity contribution < 1.29 is 0 Å². The zero-order chi connectivity index (χ0) is 21.4. The zero-order valence-corrected chi connectivity index (χ0v) is 18.9. The van der Waals surface area contributed by atoms with Crippen LogP contribution in [0.3, 0.4) is 0 Å². The predicted octanol–water partition coefficient (Wildman–Crippen LogP) is 4.64. The second-order valence-electron chi connectivity index (χ2n) is 8.55. The molecular weight excluding hydrogens is 400 g/mol. The Hall–Kier alpha value is -3.68. The third kappa shape index (κ3) is 2.90. The summed E-state index contributed by atoms with van der Waals surface area (Å²) in [5.41, 5.74) is 5.66. The van der Waals surface area contributed by atoms with Crippen LogP contribution in [-0.2, 0) is 6.42 Å². The first-order valence-electron chi connectivity index (χ1n) is 11.3. The third-order valence-corrected chi connectivity index (χ3v) is 11.6. The molecule has 0 saturated heterocycles. The van der Waals surface area contributed by atoms with E-state index in [4.69, 9.17) is 0 Å². The number of benzene rings is 5. The highest BCUT2D eigenvalue weighted by Gasteiger charge is 2.41. The fourth-order valence-electron chi connectivity index (χ4n) is 5.44. The average Bonchev–Trinajstić information content (AvgIpc) is 3.25. The maximum atomic E-state index is 2.51. The second kappa shape index (κ2) is 7.78. The topological polar surface area (TPSA) is 0 Å². The zero-order valence-electron chi connectivity index (χ0n) is 17.9. The number of rotatable bonds is 4. The van der Waals surface area contributed by atoms with Gasteiger partial charge in [-0.25, -0.2) is 0 Å². The van der Waals surface area contributed by atoms with Gasteiger partial charge in [-0.15, -0.1) is 0 Å². The van der Waals surface area contributed by atoms with Crippen LogP contribution in [-0.4, -0.2) is 8.07 Å². The van der Waals surface area contributed by atoms with Crippen molar-refractivity contribution in [2.75, 3.05) is 0 Å². The lowest BCUT2D eigenvalue weighted by atomic mass is 10.1. The molecule has 0 saturated carbocycles. The van der Waals surface area contributed by atoms with Crippen molar-refractivity contribution in [1.29, 1.82) is 0 Å². The second-order valence-corrected chi connectivity index (χ2v) is 12.4. The van der Waals surface area contributed by atoms with Crippen LogP contribution in [0.25, 0.3) is 11.1 Å². The molecule has 5 aromatic carbocycles. The van der Waals surface area contributed by atoms with Gasteiger partial charge in [0, 0.05) is 0 Å². The summed E-state index contributed by atoms with van der Waals surface area (Å²) in [5, 5.41) is 5.72. The summed E-state index contributed by atoms with van der Waals surface area (Å²) in [6, 6.07) is 49.6. The van der Waals surface area contributed by atoms with E-state index >= 15 is 0 Å². The van der Waals surface area contributed by atoms with Gasteiger partial charge >= 0.3 is 0 Å². The Morgan fingerprint density at radius 1 is 0.375 bits per heavy atom. The van der Waals surface area contributed by atoms with E-state index in [1.54, 1.807) is 0 Å². The van der Waals surface area contributed by atoms with Gasteiger partial charge in [0.2, 0.25) is 0 Å². The highest BCUT2D eigenvalue weighted by molar-refractivity contribution is 7.19. The molecule has 1 aliphatic rings. The lowest BCUT2D eigenvalue weighted by molar-refractivity contribution is 1.27. The van der Waals surface area contributed by atoms with E-state index in [9.17, 15) is 0 Å². The molecule has 0 heterocycles. The van der Waals surface area contributed by atoms with Gasteiger partial charge in [-0.3, -0.25) is 0 Å². The van der Waals surface area contributed by atoms with Crippen molar-refractivity contribution in [2.24, 2.45) is 0 Å². The molecule has 32 heavy (non-hydrogen) atoms. The molecule has 0 aromatic heterocycles. The number of hydrogen-bond donors (Lipinski definition) is 0. The monoisotopic (exact) mass is 424 g/mol.